The summed E-state index contributed by atoms with van der Waals surface area (Å²) in [6.45, 7) is 4.42. The van der Waals surface area contributed by atoms with Crippen LogP contribution in [0.4, 0.5) is 0 Å². The van der Waals surface area contributed by atoms with Crippen molar-refractivity contribution >= 4 is 25.8 Å². The Hall–Kier alpha value is -3.41. The molecule has 1 unspecified atom stereocenters. The van der Waals surface area contributed by atoms with Gasteiger partial charge in [0.2, 0.25) is 10.0 Å². The molecule has 0 saturated heterocycles. The highest BCUT2D eigenvalue weighted by molar-refractivity contribution is 7.90. The lowest BCUT2D eigenvalue weighted by atomic mass is 9.90. The van der Waals surface area contributed by atoms with Crippen molar-refractivity contribution in [2.24, 2.45) is 5.14 Å². The van der Waals surface area contributed by atoms with Crippen LogP contribution in [0.3, 0.4) is 0 Å². The predicted octanol–water partition coefficient (Wildman–Crippen LogP) is 4.70. The molecule has 0 saturated carbocycles. The first-order valence-corrected chi connectivity index (χ1v) is 17.5. The Morgan fingerprint density at radius 1 is 1.02 bits per heavy atom. The number of hydrogen-bond acceptors (Lipinski definition) is 7. The van der Waals surface area contributed by atoms with Gasteiger partial charge in [-0.05, 0) is 96.3 Å². The third kappa shape index (κ3) is 8.33. The molecular formula is C31H37NO8S2. The zero-order valence-corrected chi connectivity index (χ0v) is 25.6. The van der Waals surface area contributed by atoms with Gasteiger partial charge < -0.3 is 14.6 Å². The minimum absolute atomic E-state index is 0.0937. The van der Waals surface area contributed by atoms with E-state index in [4.69, 9.17) is 14.6 Å². The smallest absolute Gasteiger partial charge is 0.303 e. The van der Waals surface area contributed by atoms with Crippen LogP contribution < -0.4 is 14.6 Å². The monoisotopic (exact) mass is 615 g/mol. The lowest BCUT2D eigenvalue weighted by Gasteiger charge is -2.19. The van der Waals surface area contributed by atoms with Crippen LogP contribution in [-0.2, 0) is 31.1 Å². The second kappa shape index (κ2) is 12.8. The number of sulfonamides is 1. The van der Waals surface area contributed by atoms with Crippen molar-refractivity contribution in [2.75, 3.05) is 24.4 Å². The maximum Gasteiger partial charge on any atom is 0.303 e. The highest BCUT2D eigenvalue weighted by atomic mass is 32.2. The molecule has 2 atom stereocenters. The molecule has 1 aliphatic rings. The molecule has 1 aliphatic carbocycles. The molecule has 9 nitrogen and oxygen atoms in total. The maximum atomic E-state index is 11.6. The molecule has 0 heterocycles. The van der Waals surface area contributed by atoms with Gasteiger partial charge in [0.05, 0.1) is 24.5 Å². The molecule has 226 valence electrons. The number of carboxylic acid groups (broad SMARTS) is 1. The summed E-state index contributed by atoms with van der Waals surface area (Å²) in [5, 5.41) is 14.4. The Balaban J connectivity index is 1.50. The van der Waals surface area contributed by atoms with Gasteiger partial charge in [0.25, 0.3) is 0 Å². The number of aliphatic carboxylic acids is 1. The number of ether oxygens (including phenoxy) is 2. The van der Waals surface area contributed by atoms with Crippen molar-refractivity contribution in [3.63, 3.8) is 0 Å². The van der Waals surface area contributed by atoms with Gasteiger partial charge in [-0.15, -0.1) is 0 Å². The van der Waals surface area contributed by atoms with Crippen molar-refractivity contribution in [1.82, 2.24) is 0 Å². The summed E-state index contributed by atoms with van der Waals surface area (Å²) in [4.78, 5) is 11.3. The standard InChI is InChI=1S/C31H37NO8S2/c1-20-16-25(39-14-5-15-41(3,35)36)17-21(2)31(20)28-7-4-6-27-26(28)12-13-29(27)40-24-10-8-22(9-11-24)23(18-30(33)34)19-42(32,37)38/h4,6-11,16-17,23,29H,5,12-15,18-19H2,1-3H3,(H,33,34)(H2,32,37,38)/t23?,29-/m1/s1. The maximum absolute atomic E-state index is 11.6. The van der Waals surface area contributed by atoms with E-state index in [9.17, 15) is 26.7 Å². The molecule has 3 aromatic rings. The van der Waals surface area contributed by atoms with E-state index in [1.54, 1.807) is 24.3 Å². The summed E-state index contributed by atoms with van der Waals surface area (Å²) in [5.41, 5.74) is 7.32. The average Bonchev–Trinajstić information content (AvgIpc) is 3.28. The Bertz CT molecular complexity index is 1640. The SMILES string of the molecule is Cc1cc(OCCCS(C)(=O)=O)cc(C)c1-c1cccc2c1CC[C@H]2Oc1ccc(C(CC(=O)O)CS(N)(=O)=O)cc1. The first-order valence-electron chi connectivity index (χ1n) is 13.7. The largest absolute Gasteiger partial charge is 0.494 e. The third-order valence-corrected chi connectivity index (χ3v) is 9.30. The molecule has 11 heteroatoms. The molecule has 3 aromatic carbocycles. The molecular weight excluding hydrogens is 578 g/mol. The van der Waals surface area contributed by atoms with Gasteiger partial charge >= 0.3 is 5.97 Å². The number of nitrogens with two attached hydrogens (primary N) is 1. The zero-order chi connectivity index (χ0) is 30.7. The number of benzene rings is 3. The summed E-state index contributed by atoms with van der Waals surface area (Å²) < 4.78 is 58.2. The topological polar surface area (TPSA) is 150 Å². The van der Waals surface area contributed by atoms with E-state index in [2.05, 4.69) is 12.1 Å². The van der Waals surface area contributed by atoms with E-state index in [1.165, 1.54) is 11.8 Å². The summed E-state index contributed by atoms with van der Waals surface area (Å²) in [5.74, 6) is -0.883. The summed E-state index contributed by atoms with van der Waals surface area (Å²) in [6.07, 6.45) is 2.79. The van der Waals surface area contributed by atoms with Gasteiger partial charge in [0, 0.05) is 12.2 Å². The molecule has 0 amide bonds. The van der Waals surface area contributed by atoms with Crippen LogP contribution >= 0.6 is 0 Å². The fourth-order valence-corrected chi connectivity index (χ4v) is 7.18. The fourth-order valence-electron chi connectivity index (χ4n) is 5.66. The molecule has 0 spiro atoms. The molecule has 4 rings (SSSR count). The van der Waals surface area contributed by atoms with E-state index in [1.807, 2.05) is 32.0 Å². The minimum atomic E-state index is -3.85. The number of carboxylic acids is 1. The van der Waals surface area contributed by atoms with Crippen LogP contribution in [0.1, 0.15) is 59.1 Å². The number of sulfone groups is 1. The van der Waals surface area contributed by atoms with Gasteiger partial charge in [0.1, 0.15) is 27.4 Å². The number of primary sulfonamides is 1. The number of rotatable bonds is 13. The van der Waals surface area contributed by atoms with Crippen LogP contribution in [0.2, 0.25) is 0 Å². The van der Waals surface area contributed by atoms with Gasteiger partial charge in [-0.25, -0.2) is 22.0 Å². The molecule has 42 heavy (non-hydrogen) atoms. The lowest BCUT2D eigenvalue weighted by molar-refractivity contribution is -0.137. The van der Waals surface area contributed by atoms with E-state index < -0.39 is 37.5 Å². The summed E-state index contributed by atoms with van der Waals surface area (Å²) >= 11 is 0. The van der Waals surface area contributed by atoms with Crippen molar-refractivity contribution in [3.05, 3.63) is 82.4 Å². The molecule has 0 fully saturated rings. The van der Waals surface area contributed by atoms with Crippen LogP contribution in [0.5, 0.6) is 11.5 Å². The van der Waals surface area contributed by atoms with Gasteiger partial charge in [0.15, 0.2) is 0 Å². The van der Waals surface area contributed by atoms with Crippen molar-refractivity contribution in [2.45, 2.75) is 51.6 Å². The first kappa shape index (κ1) is 31.5. The zero-order valence-electron chi connectivity index (χ0n) is 24.0. The second-order valence-corrected chi connectivity index (χ2v) is 14.9. The number of carbonyl (C=O) groups is 1. The molecule has 0 bridgehead atoms. The number of fused-ring (bicyclic) bond motifs is 1. The van der Waals surface area contributed by atoms with Gasteiger partial charge in [-0.2, -0.15) is 0 Å². The number of aryl methyl sites for hydroxylation is 2. The normalized spacial score (nSPS) is 15.7. The van der Waals surface area contributed by atoms with E-state index in [-0.39, 0.29) is 18.3 Å². The van der Waals surface area contributed by atoms with E-state index in [0.717, 1.165) is 40.7 Å². The van der Waals surface area contributed by atoms with Crippen LogP contribution in [-0.4, -0.2) is 52.3 Å². The third-order valence-electron chi connectivity index (χ3n) is 7.40. The second-order valence-electron chi connectivity index (χ2n) is 11.0. The van der Waals surface area contributed by atoms with Crippen LogP contribution in [0, 0.1) is 13.8 Å². The predicted molar refractivity (Wildman–Crippen MR) is 162 cm³/mol. The lowest BCUT2D eigenvalue weighted by Crippen LogP contribution is -2.23. The highest BCUT2D eigenvalue weighted by Crippen LogP contribution is 2.42. The summed E-state index contributed by atoms with van der Waals surface area (Å²) in [6, 6.07) is 17.0. The van der Waals surface area contributed by atoms with Crippen LogP contribution in [0.25, 0.3) is 11.1 Å². The first-order chi connectivity index (χ1) is 19.7. The molecule has 0 radical (unpaired) electrons. The Morgan fingerprint density at radius 3 is 2.29 bits per heavy atom. The number of hydrogen-bond donors (Lipinski definition) is 2. The Kier molecular flexibility index (Phi) is 9.64. The van der Waals surface area contributed by atoms with Gasteiger partial charge in [-0.1, -0.05) is 30.3 Å². The van der Waals surface area contributed by atoms with Crippen molar-refractivity contribution in [3.8, 4) is 22.6 Å². The van der Waals surface area contributed by atoms with Crippen molar-refractivity contribution in [1.29, 1.82) is 0 Å². The van der Waals surface area contributed by atoms with E-state index in [0.29, 0.717) is 30.1 Å². The van der Waals surface area contributed by atoms with Gasteiger partial charge in [-0.3, -0.25) is 4.79 Å². The molecule has 3 N–H and O–H groups in total. The van der Waals surface area contributed by atoms with Crippen molar-refractivity contribution < 1.29 is 36.2 Å². The van der Waals surface area contributed by atoms with Crippen LogP contribution in [0.15, 0.2) is 54.6 Å². The Labute approximate surface area is 247 Å². The fraction of sp³-hybridized carbons (Fsp3) is 0.387. The Morgan fingerprint density at radius 2 is 1.69 bits per heavy atom. The molecule has 0 aromatic heterocycles. The average molecular weight is 616 g/mol. The summed E-state index contributed by atoms with van der Waals surface area (Å²) in [7, 11) is -6.86. The quantitative estimate of drug-likeness (QED) is 0.263. The van der Waals surface area contributed by atoms with E-state index >= 15 is 0 Å². The minimum Gasteiger partial charge on any atom is -0.494 e. The molecule has 0 aliphatic heterocycles. The highest BCUT2D eigenvalue weighted by Gasteiger charge is 2.28.